The average Bonchev–Trinajstić information content (AvgIpc) is 2.86. The molecule has 1 amide bonds. The first-order valence-electron chi connectivity index (χ1n) is 11.2. The highest BCUT2D eigenvalue weighted by atomic mass is 19.1. The Kier molecular flexibility index (Phi) is 7.66. The quantitative estimate of drug-likeness (QED) is 0.406. The van der Waals surface area contributed by atoms with Crippen molar-refractivity contribution in [1.29, 1.82) is 0 Å². The van der Waals surface area contributed by atoms with Crippen molar-refractivity contribution < 1.29 is 19.0 Å². The molecule has 1 aliphatic heterocycles. The molecule has 4 rings (SSSR count). The average molecular weight is 467 g/mol. The van der Waals surface area contributed by atoms with Crippen LogP contribution >= 0.6 is 0 Å². The minimum absolute atomic E-state index is 0.102. The van der Waals surface area contributed by atoms with Crippen LogP contribution in [0, 0.1) is 11.7 Å². The molecule has 4 N–H and O–H groups in total. The molecule has 0 aliphatic carbocycles. The van der Waals surface area contributed by atoms with Gasteiger partial charge in [0.2, 0.25) is 5.75 Å². The number of aromatic nitrogens is 2. The predicted molar refractivity (Wildman–Crippen MR) is 124 cm³/mol. The van der Waals surface area contributed by atoms with Crippen LogP contribution < -0.4 is 16.2 Å². The molecule has 1 aromatic heterocycles. The van der Waals surface area contributed by atoms with E-state index in [9.17, 15) is 19.1 Å². The third kappa shape index (κ3) is 6.06. The third-order valence-electron chi connectivity index (χ3n) is 5.80. The zero-order chi connectivity index (χ0) is 23.9. The molecule has 2 aromatic carbocycles. The maximum atomic E-state index is 13.1. The second-order valence-electron chi connectivity index (χ2n) is 8.36. The number of halogens is 1. The van der Waals surface area contributed by atoms with E-state index in [1.807, 2.05) is 30.3 Å². The minimum atomic E-state index is -0.777. The summed E-state index contributed by atoms with van der Waals surface area (Å²) in [6, 6.07) is 15.3. The lowest BCUT2D eigenvalue weighted by atomic mass is 9.92. The second-order valence-corrected chi connectivity index (χ2v) is 8.36. The first-order chi connectivity index (χ1) is 16.5. The maximum Gasteiger partial charge on any atom is 0.293 e. The molecule has 0 spiro atoms. The number of nitrogens with one attached hydrogen (secondary N) is 3. The second kappa shape index (κ2) is 11.0. The summed E-state index contributed by atoms with van der Waals surface area (Å²) in [7, 11) is 0. The van der Waals surface area contributed by atoms with E-state index in [2.05, 4.69) is 20.6 Å². The number of H-pyrrole nitrogens is 1. The molecule has 2 atom stereocenters. The van der Waals surface area contributed by atoms with Crippen LogP contribution in [0.2, 0.25) is 0 Å². The van der Waals surface area contributed by atoms with Crippen molar-refractivity contribution >= 4 is 5.91 Å². The lowest BCUT2D eigenvalue weighted by Crippen LogP contribution is -2.36. The zero-order valence-electron chi connectivity index (χ0n) is 18.6. The van der Waals surface area contributed by atoms with Crippen LogP contribution in [0.4, 0.5) is 4.39 Å². The number of hydrogen-bond acceptors (Lipinski definition) is 6. The highest BCUT2D eigenvalue weighted by Crippen LogP contribution is 2.26. The Morgan fingerprint density at radius 3 is 2.68 bits per heavy atom. The number of aromatic hydroxyl groups is 1. The summed E-state index contributed by atoms with van der Waals surface area (Å²) in [6.07, 6.45) is 1.58. The van der Waals surface area contributed by atoms with Crippen molar-refractivity contribution in [1.82, 2.24) is 20.6 Å². The largest absolute Gasteiger partial charge is 0.501 e. The highest BCUT2D eigenvalue weighted by Gasteiger charge is 2.27. The van der Waals surface area contributed by atoms with Gasteiger partial charge >= 0.3 is 0 Å². The molecule has 178 valence electrons. The molecule has 1 saturated heterocycles. The van der Waals surface area contributed by atoms with Gasteiger partial charge in [-0.1, -0.05) is 42.5 Å². The van der Waals surface area contributed by atoms with Crippen LogP contribution in [-0.2, 0) is 17.9 Å². The van der Waals surface area contributed by atoms with Gasteiger partial charge in [-0.25, -0.2) is 9.37 Å². The summed E-state index contributed by atoms with van der Waals surface area (Å²) >= 11 is 0. The van der Waals surface area contributed by atoms with E-state index in [4.69, 9.17) is 4.74 Å². The summed E-state index contributed by atoms with van der Waals surface area (Å²) in [5.41, 5.74) is 0.659. The third-order valence-corrected chi connectivity index (χ3v) is 5.80. The zero-order valence-corrected chi connectivity index (χ0v) is 18.6. The maximum absolute atomic E-state index is 13.1. The molecule has 0 unspecified atom stereocenters. The molecule has 2 heterocycles. The number of piperidine rings is 1. The highest BCUT2D eigenvalue weighted by molar-refractivity contribution is 5.94. The fraction of sp³-hybridized carbons (Fsp3) is 0.320. The number of aromatic amines is 1. The van der Waals surface area contributed by atoms with Gasteiger partial charge in [0.1, 0.15) is 11.6 Å². The SMILES string of the molecule is O=C(NCc1ccc(F)cc1)c1nc([C@@H]2C[C@H](COCc3ccccc3)CCN2)[nH]c(=O)c1O. The smallest absolute Gasteiger partial charge is 0.293 e. The summed E-state index contributed by atoms with van der Waals surface area (Å²) in [5.74, 6) is -1.25. The van der Waals surface area contributed by atoms with Gasteiger partial charge in [0.15, 0.2) is 5.69 Å². The number of ether oxygens (including phenoxy) is 1. The van der Waals surface area contributed by atoms with E-state index < -0.39 is 17.2 Å². The Morgan fingerprint density at radius 2 is 1.91 bits per heavy atom. The van der Waals surface area contributed by atoms with E-state index in [1.165, 1.54) is 24.3 Å². The van der Waals surface area contributed by atoms with Gasteiger partial charge in [-0.05, 0) is 48.6 Å². The molecule has 9 heteroatoms. The Morgan fingerprint density at radius 1 is 1.15 bits per heavy atom. The fourth-order valence-corrected chi connectivity index (χ4v) is 3.95. The van der Waals surface area contributed by atoms with Crippen LogP contribution in [0.25, 0.3) is 0 Å². The molecule has 1 aliphatic rings. The summed E-state index contributed by atoms with van der Waals surface area (Å²) in [5, 5.41) is 16.1. The van der Waals surface area contributed by atoms with Crippen molar-refractivity contribution in [2.45, 2.75) is 32.0 Å². The van der Waals surface area contributed by atoms with Gasteiger partial charge in [0, 0.05) is 13.2 Å². The van der Waals surface area contributed by atoms with E-state index in [0.29, 0.717) is 37.6 Å². The molecule has 1 fully saturated rings. The Bertz CT molecular complexity index is 1170. The summed E-state index contributed by atoms with van der Waals surface area (Å²) in [6.45, 7) is 1.91. The van der Waals surface area contributed by atoms with Crippen molar-refractivity contribution in [2.75, 3.05) is 13.2 Å². The lowest BCUT2D eigenvalue weighted by Gasteiger charge is -2.29. The first-order valence-corrected chi connectivity index (χ1v) is 11.2. The number of rotatable bonds is 8. The molecule has 0 saturated carbocycles. The van der Waals surface area contributed by atoms with Gasteiger partial charge in [-0.2, -0.15) is 0 Å². The molecule has 3 aromatic rings. The molecular formula is C25H27FN4O4. The Labute approximate surface area is 196 Å². The molecule has 34 heavy (non-hydrogen) atoms. The first kappa shape index (κ1) is 23.6. The number of benzene rings is 2. The predicted octanol–water partition coefficient (Wildman–Crippen LogP) is 2.80. The van der Waals surface area contributed by atoms with Gasteiger partial charge < -0.3 is 25.5 Å². The molecule has 0 bridgehead atoms. The monoisotopic (exact) mass is 466 g/mol. The standard InChI is InChI=1S/C25H27FN4O4/c26-19-8-6-16(7-9-19)13-28-24(32)21-22(31)25(33)30-23(29-21)20-12-18(10-11-27-20)15-34-14-17-4-2-1-3-5-17/h1-9,18,20,27,31H,10-15H2,(H,28,32)(H,29,30,33)/t18-,20+/m1/s1. The summed E-state index contributed by atoms with van der Waals surface area (Å²) < 4.78 is 18.9. The van der Waals surface area contributed by atoms with Crippen LogP contribution in [-0.4, -0.2) is 34.1 Å². The molecular weight excluding hydrogens is 439 g/mol. The van der Waals surface area contributed by atoms with E-state index in [1.54, 1.807) is 0 Å². The lowest BCUT2D eigenvalue weighted by molar-refractivity contribution is 0.0689. The van der Waals surface area contributed by atoms with Gasteiger partial charge in [0.25, 0.3) is 11.5 Å². The molecule has 8 nitrogen and oxygen atoms in total. The van der Waals surface area contributed by atoms with E-state index in [-0.39, 0.29) is 30.0 Å². The van der Waals surface area contributed by atoms with Gasteiger partial charge in [-0.3, -0.25) is 9.59 Å². The number of amides is 1. The van der Waals surface area contributed by atoms with Crippen LogP contribution in [0.5, 0.6) is 5.75 Å². The van der Waals surface area contributed by atoms with E-state index in [0.717, 1.165) is 12.0 Å². The minimum Gasteiger partial charge on any atom is -0.501 e. The van der Waals surface area contributed by atoms with Crippen molar-refractivity contribution in [3.8, 4) is 5.75 Å². The van der Waals surface area contributed by atoms with Crippen LogP contribution in [0.3, 0.4) is 0 Å². The van der Waals surface area contributed by atoms with Crippen molar-refractivity contribution in [3.05, 3.63) is 93.4 Å². The number of nitrogens with zero attached hydrogens (tertiary/aromatic N) is 1. The van der Waals surface area contributed by atoms with Crippen molar-refractivity contribution in [2.24, 2.45) is 5.92 Å². The number of hydrogen-bond donors (Lipinski definition) is 4. The fourth-order valence-electron chi connectivity index (χ4n) is 3.95. The van der Waals surface area contributed by atoms with Gasteiger partial charge in [-0.15, -0.1) is 0 Å². The van der Waals surface area contributed by atoms with Crippen molar-refractivity contribution in [3.63, 3.8) is 0 Å². The Hall–Kier alpha value is -3.56. The summed E-state index contributed by atoms with van der Waals surface area (Å²) in [4.78, 5) is 31.8. The number of carbonyl (C=O) groups excluding carboxylic acids is 1. The topological polar surface area (TPSA) is 116 Å². The van der Waals surface area contributed by atoms with Gasteiger partial charge in [0.05, 0.1) is 12.6 Å². The number of carbonyl (C=O) groups is 1. The van der Waals surface area contributed by atoms with Crippen LogP contribution in [0.1, 0.15) is 46.3 Å². The van der Waals surface area contributed by atoms with Crippen LogP contribution in [0.15, 0.2) is 59.4 Å². The molecule has 0 radical (unpaired) electrons. The Balaban J connectivity index is 1.39. The van der Waals surface area contributed by atoms with E-state index >= 15 is 0 Å². The normalized spacial score (nSPS) is 17.9.